The van der Waals surface area contributed by atoms with Crippen molar-refractivity contribution in [2.75, 3.05) is 19.8 Å². The highest BCUT2D eigenvalue weighted by Gasteiger charge is 2.04. The van der Waals surface area contributed by atoms with Crippen molar-refractivity contribution < 1.29 is 13.9 Å². The van der Waals surface area contributed by atoms with Crippen LogP contribution in [0.15, 0.2) is 24.3 Å². The number of benzene rings is 1. The van der Waals surface area contributed by atoms with E-state index in [1.165, 1.54) is 24.3 Å². The SMILES string of the molecule is CC(C)COCCCNC(=O)c1ccc(F)cc1. The Kier molecular flexibility index (Phi) is 6.36. The first-order valence-electron chi connectivity index (χ1n) is 6.21. The lowest BCUT2D eigenvalue weighted by molar-refractivity contribution is 0.0925. The fourth-order valence-corrected chi connectivity index (χ4v) is 1.40. The largest absolute Gasteiger partial charge is 0.381 e. The summed E-state index contributed by atoms with van der Waals surface area (Å²) in [5, 5.41) is 2.77. The van der Waals surface area contributed by atoms with E-state index in [0.29, 0.717) is 24.6 Å². The molecule has 0 saturated carbocycles. The van der Waals surface area contributed by atoms with Gasteiger partial charge in [0.2, 0.25) is 0 Å². The molecule has 0 bridgehead atoms. The molecule has 0 radical (unpaired) electrons. The summed E-state index contributed by atoms with van der Waals surface area (Å²) in [5.74, 6) is 0.00583. The molecule has 1 N–H and O–H groups in total. The molecule has 0 heterocycles. The molecule has 1 rings (SSSR count). The minimum absolute atomic E-state index is 0.182. The standard InChI is InChI=1S/C14H20FNO2/c1-11(2)10-18-9-3-8-16-14(17)12-4-6-13(15)7-5-12/h4-7,11H,3,8-10H2,1-2H3,(H,16,17). The molecule has 3 nitrogen and oxygen atoms in total. The molecule has 0 aliphatic rings. The van der Waals surface area contributed by atoms with Gasteiger partial charge in [0.15, 0.2) is 0 Å². The van der Waals surface area contributed by atoms with Gasteiger partial charge in [-0.15, -0.1) is 0 Å². The van der Waals surface area contributed by atoms with Crippen LogP contribution in [0.4, 0.5) is 4.39 Å². The third-order valence-electron chi connectivity index (χ3n) is 2.31. The zero-order chi connectivity index (χ0) is 13.4. The molecular formula is C14H20FNO2. The molecule has 1 aromatic rings. The molecule has 0 fully saturated rings. The topological polar surface area (TPSA) is 38.3 Å². The van der Waals surface area contributed by atoms with E-state index in [-0.39, 0.29) is 11.7 Å². The van der Waals surface area contributed by atoms with Crippen LogP contribution in [-0.4, -0.2) is 25.7 Å². The third kappa shape index (κ3) is 5.77. The zero-order valence-corrected chi connectivity index (χ0v) is 10.9. The monoisotopic (exact) mass is 253 g/mol. The maximum atomic E-state index is 12.7. The van der Waals surface area contributed by atoms with E-state index in [1.807, 2.05) is 0 Å². The van der Waals surface area contributed by atoms with Gasteiger partial charge in [-0.05, 0) is 36.6 Å². The number of amides is 1. The van der Waals surface area contributed by atoms with Crippen LogP contribution in [0.2, 0.25) is 0 Å². The number of hydrogen-bond donors (Lipinski definition) is 1. The molecule has 0 aromatic heterocycles. The van der Waals surface area contributed by atoms with E-state index in [4.69, 9.17) is 4.74 Å². The van der Waals surface area contributed by atoms with Crippen molar-refractivity contribution in [3.8, 4) is 0 Å². The maximum absolute atomic E-state index is 12.7. The summed E-state index contributed by atoms with van der Waals surface area (Å²) in [6, 6.07) is 5.50. The van der Waals surface area contributed by atoms with Gasteiger partial charge < -0.3 is 10.1 Å². The Hall–Kier alpha value is -1.42. The van der Waals surface area contributed by atoms with Crippen LogP contribution < -0.4 is 5.32 Å². The van der Waals surface area contributed by atoms with E-state index in [0.717, 1.165) is 13.0 Å². The van der Waals surface area contributed by atoms with Gasteiger partial charge in [0.1, 0.15) is 5.82 Å². The highest BCUT2D eigenvalue weighted by atomic mass is 19.1. The first-order chi connectivity index (χ1) is 8.59. The molecule has 0 aliphatic heterocycles. The Balaban J connectivity index is 2.16. The predicted molar refractivity (Wildman–Crippen MR) is 69.0 cm³/mol. The normalized spacial score (nSPS) is 10.7. The summed E-state index contributed by atoms with van der Waals surface area (Å²) in [7, 11) is 0. The number of ether oxygens (including phenoxy) is 1. The lowest BCUT2D eigenvalue weighted by Gasteiger charge is -2.07. The van der Waals surface area contributed by atoms with E-state index in [1.54, 1.807) is 0 Å². The Morgan fingerprint density at radius 2 is 2.00 bits per heavy atom. The maximum Gasteiger partial charge on any atom is 0.251 e. The van der Waals surface area contributed by atoms with Crippen LogP contribution in [0.25, 0.3) is 0 Å². The first-order valence-corrected chi connectivity index (χ1v) is 6.21. The summed E-state index contributed by atoms with van der Waals surface area (Å²) < 4.78 is 18.1. The fraction of sp³-hybridized carbons (Fsp3) is 0.500. The van der Waals surface area contributed by atoms with Crippen molar-refractivity contribution in [1.82, 2.24) is 5.32 Å². The minimum atomic E-state index is -0.339. The van der Waals surface area contributed by atoms with Crippen molar-refractivity contribution in [2.45, 2.75) is 20.3 Å². The summed E-state index contributed by atoms with van der Waals surface area (Å²) in [6.07, 6.45) is 0.777. The lowest BCUT2D eigenvalue weighted by Crippen LogP contribution is -2.25. The van der Waals surface area contributed by atoms with Crippen LogP contribution in [0.3, 0.4) is 0 Å². The van der Waals surface area contributed by atoms with Crippen molar-refractivity contribution >= 4 is 5.91 Å². The highest BCUT2D eigenvalue weighted by molar-refractivity contribution is 5.94. The number of rotatable bonds is 7. The van der Waals surface area contributed by atoms with Crippen LogP contribution >= 0.6 is 0 Å². The van der Waals surface area contributed by atoms with Crippen molar-refractivity contribution in [3.63, 3.8) is 0 Å². The van der Waals surface area contributed by atoms with E-state index < -0.39 is 0 Å². The quantitative estimate of drug-likeness (QED) is 0.759. The molecule has 0 atom stereocenters. The second kappa shape index (κ2) is 7.82. The van der Waals surface area contributed by atoms with Gasteiger partial charge in [0.05, 0.1) is 0 Å². The molecule has 100 valence electrons. The Bertz CT molecular complexity index is 363. The Morgan fingerprint density at radius 1 is 1.33 bits per heavy atom. The summed E-state index contributed by atoms with van der Waals surface area (Å²) in [6.45, 7) is 6.13. The predicted octanol–water partition coefficient (Wildman–Crippen LogP) is 2.62. The number of carbonyl (C=O) groups is 1. The number of hydrogen-bond acceptors (Lipinski definition) is 2. The van der Waals surface area contributed by atoms with E-state index in [2.05, 4.69) is 19.2 Å². The smallest absolute Gasteiger partial charge is 0.251 e. The second-order valence-corrected chi connectivity index (χ2v) is 4.59. The second-order valence-electron chi connectivity index (χ2n) is 4.59. The number of nitrogens with one attached hydrogen (secondary N) is 1. The molecule has 1 amide bonds. The van der Waals surface area contributed by atoms with Gasteiger partial charge in [-0.1, -0.05) is 13.8 Å². The molecule has 4 heteroatoms. The molecular weight excluding hydrogens is 233 g/mol. The van der Waals surface area contributed by atoms with Crippen LogP contribution in [-0.2, 0) is 4.74 Å². The van der Waals surface area contributed by atoms with Gasteiger partial charge in [0.25, 0.3) is 5.91 Å². The summed E-state index contributed by atoms with van der Waals surface area (Å²) in [4.78, 5) is 11.6. The summed E-state index contributed by atoms with van der Waals surface area (Å²) >= 11 is 0. The van der Waals surface area contributed by atoms with Crippen LogP contribution in [0.1, 0.15) is 30.6 Å². The van der Waals surface area contributed by atoms with E-state index >= 15 is 0 Å². The molecule has 18 heavy (non-hydrogen) atoms. The molecule has 0 aliphatic carbocycles. The molecule has 0 unspecified atom stereocenters. The first kappa shape index (κ1) is 14.6. The zero-order valence-electron chi connectivity index (χ0n) is 10.9. The van der Waals surface area contributed by atoms with Crippen molar-refractivity contribution in [3.05, 3.63) is 35.6 Å². The average Bonchev–Trinajstić information content (AvgIpc) is 2.34. The Morgan fingerprint density at radius 3 is 2.61 bits per heavy atom. The lowest BCUT2D eigenvalue weighted by atomic mass is 10.2. The Labute approximate surface area is 107 Å². The number of carbonyl (C=O) groups excluding carboxylic acids is 1. The van der Waals surface area contributed by atoms with Crippen LogP contribution in [0.5, 0.6) is 0 Å². The van der Waals surface area contributed by atoms with Gasteiger partial charge >= 0.3 is 0 Å². The average molecular weight is 253 g/mol. The van der Waals surface area contributed by atoms with Gasteiger partial charge in [-0.25, -0.2) is 4.39 Å². The highest BCUT2D eigenvalue weighted by Crippen LogP contribution is 2.02. The van der Waals surface area contributed by atoms with Gasteiger partial charge in [0, 0.05) is 25.3 Å². The van der Waals surface area contributed by atoms with Crippen molar-refractivity contribution in [2.24, 2.45) is 5.92 Å². The third-order valence-corrected chi connectivity index (χ3v) is 2.31. The molecule has 0 spiro atoms. The minimum Gasteiger partial charge on any atom is -0.381 e. The fourth-order valence-electron chi connectivity index (χ4n) is 1.40. The molecule has 0 saturated heterocycles. The number of halogens is 1. The summed E-state index contributed by atoms with van der Waals surface area (Å²) in [5.41, 5.74) is 0.472. The van der Waals surface area contributed by atoms with Gasteiger partial charge in [-0.3, -0.25) is 4.79 Å². The van der Waals surface area contributed by atoms with Gasteiger partial charge in [-0.2, -0.15) is 0 Å². The van der Waals surface area contributed by atoms with Crippen molar-refractivity contribution in [1.29, 1.82) is 0 Å². The molecule has 1 aromatic carbocycles. The van der Waals surface area contributed by atoms with E-state index in [9.17, 15) is 9.18 Å². The van der Waals surface area contributed by atoms with Crippen LogP contribution in [0, 0.1) is 11.7 Å².